The minimum Gasteiger partial charge on any atom is -0.382 e. The van der Waals surface area contributed by atoms with Crippen molar-refractivity contribution in [1.82, 2.24) is 0 Å². The number of benzene rings is 1. The number of anilines is 2. The van der Waals surface area contributed by atoms with E-state index in [1.165, 1.54) is 6.26 Å². The molecule has 0 spiro atoms. The minimum atomic E-state index is -2.99. The van der Waals surface area contributed by atoms with Gasteiger partial charge >= 0.3 is 0 Å². The van der Waals surface area contributed by atoms with Gasteiger partial charge in [0.15, 0.2) is 0 Å². The van der Waals surface area contributed by atoms with E-state index in [1.54, 1.807) is 0 Å². The number of amides is 1. The Kier molecular flexibility index (Phi) is 3.80. The number of aryl methyl sites for hydroxylation is 1. The summed E-state index contributed by atoms with van der Waals surface area (Å²) in [6, 6.07) is 5.52. The van der Waals surface area contributed by atoms with Crippen LogP contribution in [0.2, 0.25) is 0 Å². The molecule has 1 aliphatic rings. The molecule has 0 aromatic heterocycles. The Morgan fingerprint density at radius 3 is 2.79 bits per heavy atom. The van der Waals surface area contributed by atoms with Gasteiger partial charge in [0.1, 0.15) is 9.84 Å². The lowest BCUT2D eigenvalue weighted by atomic mass is 10.0. The molecule has 0 radical (unpaired) electrons. The van der Waals surface area contributed by atoms with E-state index in [-0.39, 0.29) is 17.7 Å². The molecule has 1 unspecified atom stereocenters. The van der Waals surface area contributed by atoms with Gasteiger partial charge in [0.25, 0.3) is 0 Å². The molecular weight excluding hydrogens is 264 g/mol. The fraction of sp³-hybridized carbons (Fsp3) is 0.462. The van der Waals surface area contributed by atoms with E-state index in [2.05, 4.69) is 10.6 Å². The molecule has 1 aromatic carbocycles. The third-order valence-electron chi connectivity index (χ3n) is 2.97. The van der Waals surface area contributed by atoms with Crippen LogP contribution in [-0.2, 0) is 21.1 Å². The van der Waals surface area contributed by atoms with Crippen LogP contribution in [0.1, 0.15) is 18.9 Å². The van der Waals surface area contributed by atoms with Crippen LogP contribution in [0.3, 0.4) is 0 Å². The average Bonchev–Trinajstić information content (AvgIpc) is 2.26. The smallest absolute Gasteiger partial charge is 0.224 e. The molecule has 6 heteroatoms. The van der Waals surface area contributed by atoms with E-state index in [0.29, 0.717) is 6.42 Å². The maximum Gasteiger partial charge on any atom is 0.224 e. The van der Waals surface area contributed by atoms with Crippen molar-refractivity contribution >= 4 is 27.1 Å². The van der Waals surface area contributed by atoms with Crippen LogP contribution in [0.4, 0.5) is 11.4 Å². The zero-order valence-corrected chi connectivity index (χ0v) is 11.9. The van der Waals surface area contributed by atoms with E-state index >= 15 is 0 Å². The predicted octanol–water partition coefficient (Wildman–Crippen LogP) is 1.42. The molecule has 0 saturated heterocycles. The zero-order chi connectivity index (χ0) is 14.0. The monoisotopic (exact) mass is 282 g/mol. The molecule has 1 atom stereocenters. The van der Waals surface area contributed by atoms with E-state index in [1.807, 2.05) is 25.1 Å². The number of carbonyl (C=O) groups excluding carboxylic acids is 1. The van der Waals surface area contributed by atoms with Crippen LogP contribution >= 0.6 is 0 Å². The van der Waals surface area contributed by atoms with E-state index in [4.69, 9.17) is 0 Å². The number of nitrogens with one attached hydrogen (secondary N) is 2. The van der Waals surface area contributed by atoms with Crippen LogP contribution in [0.5, 0.6) is 0 Å². The van der Waals surface area contributed by atoms with Gasteiger partial charge in [0, 0.05) is 30.1 Å². The molecule has 1 aliphatic heterocycles. The molecule has 1 aromatic rings. The number of hydrogen-bond acceptors (Lipinski definition) is 4. The Hall–Kier alpha value is -1.56. The summed E-state index contributed by atoms with van der Waals surface area (Å²) in [5.41, 5.74) is 2.81. The third kappa shape index (κ3) is 3.96. The first-order chi connectivity index (χ1) is 8.83. The molecule has 104 valence electrons. The molecule has 19 heavy (non-hydrogen) atoms. The Labute approximate surface area is 113 Å². The highest BCUT2D eigenvalue weighted by atomic mass is 32.2. The van der Waals surface area contributed by atoms with E-state index in [0.717, 1.165) is 23.4 Å². The summed E-state index contributed by atoms with van der Waals surface area (Å²) in [6.45, 7) is 1.84. The quantitative estimate of drug-likeness (QED) is 0.875. The van der Waals surface area contributed by atoms with Gasteiger partial charge in [0.2, 0.25) is 5.91 Å². The van der Waals surface area contributed by atoms with Gasteiger partial charge in [-0.25, -0.2) is 8.42 Å². The fourth-order valence-electron chi connectivity index (χ4n) is 2.25. The molecule has 2 N–H and O–H groups in total. The van der Waals surface area contributed by atoms with Crippen molar-refractivity contribution in [3.05, 3.63) is 23.8 Å². The number of fused-ring (bicyclic) bond motifs is 1. The molecule has 5 nitrogen and oxygen atoms in total. The van der Waals surface area contributed by atoms with E-state index in [9.17, 15) is 13.2 Å². The second kappa shape index (κ2) is 5.21. The molecule has 0 fully saturated rings. The summed E-state index contributed by atoms with van der Waals surface area (Å²) >= 11 is 0. The second-order valence-corrected chi connectivity index (χ2v) is 7.24. The van der Waals surface area contributed by atoms with E-state index < -0.39 is 9.84 Å². The Balaban J connectivity index is 2.08. The molecule has 0 bridgehead atoms. The average molecular weight is 282 g/mol. The lowest BCUT2D eigenvalue weighted by Crippen LogP contribution is -2.25. The van der Waals surface area contributed by atoms with Gasteiger partial charge in [-0.15, -0.1) is 0 Å². The van der Waals surface area contributed by atoms with Crippen LogP contribution < -0.4 is 10.6 Å². The van der Waals surface area contributed by atoms with Gasteiger partial charge in [-0.3, -0.25) is 4.79 Å². The molecule has 0 aliphatic carbocycles. The Morgan fingerprint density at radius 1 is 1.37 bits per heavy atom. The Morgan fingerprint density at radius 2 is 2.11 bits per heavy atom. The third-order valence-corrected chi connectivity index (χ3v) is 4.07. The first-order valence-electron chi connectivity index (χ1n) is 6.20. The standard InChI is InChI=1S/C13H18N2O3S/c1-9(8-19(2,17)18)14-11-4-5-12-10(7-11)3-6-13(16)15-12/h4-5,7,9,14H,3,6,8H2,1-2H3,(H,15,16). The molecule has 1 amide bonds. The zero-order valence-electron chi connectivity index (χ0n) is 11.1. The van der Waals surface area contributed by atoms with Crippen LogP contribution in [0, 0.1) is 0 Å². The Bertz CT molecular complexity index is 596. The van der Waals surface area contributed by atoms with Crippen LogP contribution in [-0.4, -0.2) is 32.4 Å². The lowest BCUT2D eigenvalue weighted by Gasteiger charge is -2.20. The first kappa shape index (κ1) is 13.9. The van der Waals surface area contributed by atoms with Gasteiger partial charge in [-0.2, -0.15) is 0 Å². The first-order valence-corrected chi connectivity index (χ1v) is 8.26. The van der Waals surface area contributed by atoms with Crippen molar-refractivity contribution in [2.45, 2.75) is 25.8 Å². The molecule has 0 saturated carbocycles. The topological polar surface area (TPSA) is 75.3 Å². The molecule has 2 rings (SSSR count). The lowest BCUT2D eigenvalue weighted by molar-refractivity contribution is -0.116. The summed E-state index contributed by atoms with van der Waals surface area (Å²) in [7, 11) is -2.99. The summed E-state index contributed by atoms with van der Waals surface area (Å²) < 4.78 is 22.4. The highest BCUT2D eigenvalue weighted by Gasteiger charge is 2.16. The van der Waals surface area contributed by atoms with Gasteiger partial charge in [-0.1, -0.05) is 0 Å². The van der Waals surface area contributed by atoms with Crippen LogP contribution in [0.15, 0.2) is 18.2 Å². The van der Waals surface area contributed by atoms with Gasteiger partial charge in [-0.05, 0) is 37.1 Å². The van der Waals surface area contributed by atoms with Crippen molar-refractivity contribution < 1.29 is 13.2 Å². The highest BCUT2D eigenvalue weighted by Crippen LogP contribution is 2.25. The SMILES string of the molecule is CC(CS(C)(=O)=O)Nc1ccc2c(c1)CCC(=O)N2. The number of carbonyl (C=O) groups is 1. The van der Waals surface area contributed by atoms with Crippen LogP contribution in [0.25, 0.3) is 0 Å². The maximum atomic E-state index is 11.3. The van der Waals surface area contributed by atoms with Crippen molar-refractivity contribution in [3.63, 3.8) is 0 Å². The molecule has 1 heterocycles. The van der Waals surface area contributed by atoms with Gasteiger partial charge in [0.05, 0.1) is 5.75 Å². The highest BCUT2D eigenvalue weighted by molar-refractivity contribution is 7.90. The van der Waals surface area contributed by atoms with Gasteiger partial charge < -0.3 is 10.6 Å². The number of sulfone groups is 1. The fourth-order valence-corrected chi connectivity index (χ4v) is 3.25. The molecular formula is C13H18N2O3S. The predicted molar refractivity (Wildman–Crippen MR) is 76.2 cm³/mol. The maximum absolute atomic E-state index is 11.3. The summed E-state index contributed by atoms with van der Waals surface area (Å²) in [6.07, 6.45) is 2.44. The largest absolute Gasteiger partial charge is 0.382 e. The number of rotatable bonds is 4. The minimum absolute atomic E-state index is 0.0404. The summed E-state index contributed by atoms with van der Waals surface area (Å²) in [5, 5.41) is 5.98. The number of hydrogen-bond donors (Lipinski definition) is 2. The second-order valence-electron chi connectivity index (χ2n) is 5.06. The van der Waals surface area contributed by atoms with Crippen molar-refractivity contribution in [3.8, 4) is 0 Å². The summed E-state index contributed by atoms with van der Waals surface area (Å²) in [4.78, 5) is 11.3. The van der Waals surface area contributed by atoms with Crippen molar-refractivity contribution in [1.29, 1.82) is 0 Å². The summed E-state index contributed by atoms with van der Waals surface area (Å²) in [5.74, 6) is 0.138. The van der Waals surface area contributed by atoms with Crippen molar-refractivity contribution in [2.24, 2.45) is 0 Å². The normalized spacial score (nSPS) is 16.4. The van der Waals surface area contributed by atoms with Crippen molar-refractivity contribution in [2.75, 3.05) is 22.6 Å².